The summed E-state index contributed by atoms with van der Waals surface area (Å²) in [7, 11) is -3.67. The van der Waals surface area contributed by atoms with Crippen molar-refractivity contribution >= 4 is 27.3 Å². The van der Waals surface area contributed by atoms with E-state index in [4.69, 9.17) is 0 Å². The average Bonchev–Trinajstić information content (AvgIpc) is 2.55. The highest BCUT2D eigenvalue weighted by Crippen LogP contribution is 2.11. The summed E-state index contributed by atoms with van der Waals surface area (Å²) in [6.07, 6.45) is 4.65. The summed E-state index contributed by atoms with van der Waals surface area (Å²) in [5.41, 5.74) is 3.21. The second kappa shape index (κ2) is 6.13. The maximum absolute atomic E-state index is 12.1. The maximum atomic E-state index is 12.1. The van der Waals surface area contributed by atoms with Crippen molar-refractivity contribution in [2.24, 2.45) is 5.10 Å². The number of nitrogens with zero attached hydrogens (tertiary/aromatic N) is 3. The molecule has 3 rings (SSSR count). The molecule has 0 unspecified atom stereocenters. The molecule has 7 heteroatoms. The van der Waals surface area contributed by atoms with Crippen molar-refractivity contribution in [1.29, 1.82) is 0 Å². The average molecular weight is 326 g/mol. The van der Waals surface area contributed by atoms with Crippen LogP contribution >= 0.6 is 0 Å². The number of hydrogen-bond donors (Lipinski definition) is 1. The Hall–Kier alpha value is -2.80. The molecule has 6 nitrogen and oxygen atoms in total. The summed E-state index contributed by atoms with van der Waals surface area (Å²) in [5.74, 6) is 0. The van der Waals surface area contributed by atoms with E-state index < -0.39 is 10.0 Å². The molecule has 0 spiro atoms. The summed E-state index contributed by atoms with van der Waals surface area (Å²) in [6, 6.07) is 11.9. The van der Waals surface area contributed by atoms with Crippen molar-refractivity contribution in [3.05, 3.63) is 66.0 Å². The monoisotopic (exact) mass is 326 g/mol. The fourth-order valence-electron chi connectivity index (χ4n) is 2.00. The SMILES string of the molecule is Cc1ccc(S(=O)(=O)N/N=C\c2ccc3nccnc3c2)cc1. The van der Waals surface area contributed by atoms with E-state index in [-0.39, 0.29) is 4.90 Å². The van der Waals surface area contributed by atoms with Crippen LogP contribution in [0.25, 0.3) is 11.0 Å². The molecular formula is C16H14N4O2S. The first-order valence-corrected chi connectivity index (χ1v) is 8.35. The predicted octanol–water partition coefficient (Wildman–Crippen LogP) is 2.25. The molecule has 2 aromatic carbocycles. The summed E-state index contributed by atoms with van der Waals surface area (Å²) in [6.45, 7) is 1.89. The molecule has 0 radical (unpaired) electrons. The number of rotatable bonds is 4. The van der Waals surface area contributed by atoms with Gasteiger partial charge in [-0.2, -0.15) is 13.5 Å². The molecule has 1 N–H and O–H groups in total. The van der Waals surface area contributed by atoms with E-state index >= 15 is 0 Å². The molecule has 0 aliphatic carbocycles. The second-order valence-corrected chi connectivity index (χ2v) is 6.63. The Morgan fingerprint density at radius 2 is 1.70 bits per heavy atom. The maximum Gasteiger partial charge on any atom is 0.276 e. The number of fused-ring (bicyclic) bond motifs is 1. The van der Waals surface area contributed by atoms with Crippen LogP contribution < -0.4 is 4.83 Å². The largest absolute Gasteiger partial charge is 0.276 e. The first kappa shape index (κ1) is 15.1. The fourth-order valence-corrected chi connectivity index (χ4v) is 2.79. The van der Waals surface area contributed by atoms with Gasteiger partial charge < -0.3 is 0 Å². The van der Waals surface area contributed by atoms with Crippen LogP contribution in [0.1, 0.15) is 11.1 Å². The van der Waals surface area contributed by atoms with Crippen LogP contribution in [0.2, 0.25) is 0 Å². The van der Waals surface area contributed by atoms with Crippen molar-refractivity contribution in [3.63, 3.8) is 0 Å². The third kappa shape index (κ3) is 3.51. The van der Waals surface area contributed by atoms with Crippen LogP contribution in [0, 0.1) is 6.92 Å². The number of aryl methyl sites for hydroxylation is 1. The molecule has 0 atom stereocenters. The summed E-state index contributed by atoms with van der Waals surface area (Å²) >= 11 is 0. The number of benzene rings is 2. The van der Waals surface area contributed by atoms with E-state index in [1.165, 1.54) is 6.21 Å². The topological polar surface area (TPSA) is 84.3 Å². The number of hydrogen-bond acceptors (Lipinski definition) is 5. The number of nitrogens with one attached hydrogen (secondary N) is 1. The van der Waals surface area contributed by atoms with Crippen molar-refractivity contribution in [1.82, 2.24) is 14.8 Å². The molecule has 0 amide bonds. The smallest absolute Gasteiger partial charge is 0.253 e. The lowest BCUT2D eigenvalue weighted by molar-refractivity contribution is 0.584. The predicted molar refractivity (Wildman–Crippen MR) is 88.6 cm³/mol. The zero-order chi connectivity index (χ0) is 16.3. The van der Waals surface area contributed by atoms with Crippen molar-refractivity contribution < 1.29 is 8.42 Å². The summed E-state index contributed by atoms with van der Waals surface area (Å²) in [4.78, 5) is 10.7. The Balaban J connectivity index is 1.78. The minimum Gasteiger partial charge on any atom is -0.253 e. The van der Waals surface area contributed by atoms with Gasteiger partial charge in [-0.05, 0) is 36.8 Å². The third-order valence-electron chi connectivity index (χ3n) is 3.21. The van der Waals surface area contributed by atoms with Gasteiger partial charge in [-0.3, -0.25) is 9.97 Å². The molecule has 0 saturated carbocycles. The zero-order valence-electron chi connectivity index (χ0n) is 12.3. The van der Waals surface area contributed by atoms with Crippen LogP contribution in [0.4, 0.5) is 0 Å². The number of sulfonamides is 1. The van der Waals surface area contributed by atoms with Gasteiger partial charge in [-0.15, -0.1) is 0 Å². The third-order valence-corrected chi connectivity index (χ3v) is 4.45. The Morgan fingerprint density at radius 3 is 2.43 bits per heavy atom. The minimum atomic E-state index is -3.67. The fraction of sp³-hybridized carbons (Fsp3) is 0.0625. The van der Waals surface area contributed by atoms with Crippen LogP contribution in [0.5, 0.6) is 0 Å². The van der Waals surface area contributed by atoms with Crippen LogP contribution in [-0.4, -0.2) is 24.6 Å². The van der Waals surface area contributed by atoms with E-state index in [2.05, 4.69) is 19.9 Å². The van der Waals surface area contributed by atoms with Gasteiger partial charge in [0.05, 0.1) is 22.1 Å². The van der Waals surface area contributed by atoms with Crippen LogP contribution in [0.3, 0.4) is 0 Å². The van der Waals surface area contributed by atoms with E-state index in [9.17, 15) is 8.42 Å². The van der Waals surface area contributed by atoms with Gasteiger partial charge in [-0.1, -0.05) is 23.8 Å². The van der Waals surface area contributed by atoms with Gasteiger partial charge in [0, 0.05) is 12.4 Å². The molecule has 0 saturated heterocycles. The lowest BCUT2D eigenvalue weighted by Crippen LogP contribution is -2.18. The number of hydrazone groups is 1. The summed E-state index contributed by atoms with van der Waals surface area (Å²) < 4.78 is 24.2. The molecule has 0 aliphatic heterocycles. The molecule has 1 heterocycles. The van der Waals surface area contributed by atoms with Crippen molar-refractivity contribution in [3.8, 4) is 0 Å². The quantitative estimate of drug-likeness (QED) is 0.589. The second-order valence-electron chi connectivity index (χ2n) is 4.97. The lowest BCUT2D eigenvalue weighted by Gasteiger charge is -2.03. The van der Waals surface area contributed by atoms with Crippen molar-refractivity contribution in [2.45, 2.75) is 11.8 Å². The Kier molecular flexibility index (Phi) is 4.03. The molecule has 23 heavy (non-hydrogen) atoms. The first-order valence-electron chi connectivity index (χ1n) is 6.87. The molecule has 3 aromatic rings. The molecule has 1 aromatic heterocycles. The van der Waals surface area contributed by atoms with Gasteiger partial charge in [0.15, 0.2) is 0 Å². The van der Waals surface area contributed by atoms with E-state index in [0.717, 1.165) is 22.2 Å². The molecule has 0 fully saturated rings. The molecule has 0 aliphatic rings. The van der Waals surface area contributed by atoms with Gasteiger partial charge in [-0.25, -0.2) is 4.83 Å². The van der Waals surface area contributed by atoms with E-state index in [0.29, 0.717) is 0 Å². The van der Waals surface area contributed by atoms with E-state index in [1.807, 2.05) is 6.92 Å². The molecule has 116 valence electrons. The van der Waals surface area contributed by atoms with Gasteiger partial charge in [0.2, 0.25) is 0 Å². The Morgan fingerprint density at radius 1 is 1.00 bits per heavy atom. The lowest BCUT2D eigenvalue weighted by atomic mass is 10.2. The van der Waals surface area contributed by atoms with Gasteiger partial charge in [0.25, 0.3) is 10.0 Å². The summed E-state index contributed by atoms with van der Waals surface area (Å²) in [5, 5.41) is 3.81. The molecular weight excluding hydrogens is 312 g/mol. The Labute approximate surface area is 134 Å². The highest BCUT2D eigenvalue weighted by molar-refractivity contribution is 7.89. The highest BCUT2D eigenvalue weighted by Gasteiger charge is 2.11. The molecule has 0 bridgehead atoms. The standard InChI is InChI=1S/C16H14N4O2S/c1-12-2-5-14(6-3-12)23(21,22)20-19-11-13-4-7-15-16(10-13)18-9-8-17-15/h2-11,20H,1H3/b19-11-. The van der Waals surface area contributed by atoms with Gasteiger partial charge in [0.1, 0.15) is 0 Å². The van der Waals surface area contributed by atoms with E-state index in [1.54, 1.807) is 54.9 Å². The van der Waals surface area contributed by atoms with Crippen LogP contribution in [-0.2, 0) is 10.0 Å². The van der Waals surface area contributed by atoms with Gasteiger partial charge >= 0.3 is 0 Å². The highest BCUT2D eigenvalue weighted by atomic mass is 32.2. The Bertz CT molecular complexity index is 967. The van der Waals surface area contributed by atoms with Crippen LogP contribution in [0.15, 0.2) is 64.9 Å². The normalized spacial score (nSPS) is 11.9. The zero-order valence-corrected chi connectivity index (χ0v) is 13.2. The first-order chi connectivity index (χ1) is 11.0. The van der Waals surface area contributed by atoms with Crippen molar-refractivity contribution in [2.75, 3.05) is 0 Å². The minimum absolute atomic E-state index is 0.171. The number of aromatic nitrogens is 2.